The van der Waals surface area contributed by atoms with E-state index in [0.29, 0.717) is 24.7 Å². The maximum Gasteiger partial charge on any atom is 0.250 e. The molecule has 3 aromatic rings. The molecule has 132 valence electrons. The van der Waals surface area contributed by atoms with E-state index in [4.69, 9.17) is 9.26 Å². The molecule has 6 nitrogen and oxygen atoms in total. The summed E-state index contributed by atoms with van der Waals surface area (Å²) in [7, 11) is 1.62. The first-order valence-electron chi connectivity index (χ1n) is 8.47. The Labute approximate surface area is 151 Å². The molecular formula is C20H19N3O3. The van der Waals surface area contributed by atoms with Gasteiger partial charge in [-0.1, -0.05) is 41.6 Å². The third-order valence-electron chi connectivity index (χ3n) is 4.71. The minimum Gasteiger partial charge on any atom is -0.497 e. The molecule has 1 atom stereocenters. The second-order valence-corrected chi connectivity index (χ2v) is 6.32. The van der Waals surface area contributed by atoms with Gasteiger partial charge in [0.2, 0.25) is 17.6 Å². The Morgan fingerprint density at radius 3 is 2.77 bits per heavy atom. The monoisotopic (exact) mass is 349 g/mol. The Morgan fingerprint density at radius 1 is 1.19 bits per heavy atom. The first kappa shape index (κ1) is 16.3. The summed E-state index contributed by atoms with van der Waals surface area (Å²) in [6.07, 6.45) is 0.662. The third-order valence-corrected chi connectivity index (χ3v) is 4.71. The van der Waals surface area contributed by atoms with Crippen molar-refractivity contribution >= 4 is 5.91 Å². The Kier molecular flexibility index (Phi) is 4.16. The zero-order valence-corrected chi connectivity index (χ0v) is 14.7. The number of nitrogens with zero attached hydrogens (tertiary/aromatic N) is 3. The Morgan fingerprint density at radius 2 is 2.00 bits per heavy atom. The van der Waals surface area contributed by atoms with Gasteiger partial charge in [-0.2, -0.15) is 4.98 Å². The first-order chi connectivity index (χ1) is 12.7. The van der Waals surface area contributed by atoms with Crippen LogP contribution in [0.4, 0.5) is 0 Å². The Hall–Kier alpha value is -3.15. The van der Waals surface area contributed by atoms with Gasteiger partial charge in [0.25, 0.3) is 0 Å². The summed E-state index contributed by atoms with van der Waals surface area (Å²) in [6, 6.07) is 15.4. The van der Waals surface area contributed by atoms with Crippen molar-refractivity contribution in [2.75, 3.05) is 7.11 Å². The standard InChI is InChI=1S/C20H19N3O3/c1-13(24)23-12-16-7-4-3-6-14(16)11-18(23)20-21-19(22-26-20)15-8-5-9-17(10-15)25-2/h3-10,18H,11-12H2,1-2H3/t18-/m0/s1. The minimum absolute atomic E-state index is 0.00867. The molecule has 1 aliphatic rings. The summed E-state index contributed by atoms with van der Waals surface area (Å²) in [4.78, 5) is 18.5. The van der Waals surface area contributed by atoms with Crippen LogP contribution in [0.2, 0.25) is 0 Å². The molecule has 0 radical (unpaired) electrons. The van der Waals surface area contributed by atoms with Gasteiger partial charge < -0.3 is 14.2 Å². The smallest absolute Gasteiger partial charge is 0.250 e. The van der Waals surface area contributed by atoms with Crippen LogP contribution in [0, 0.1) is 0 Å². The highest BCUT2D eigenvalue weighted by molar-refractivity contribution is 5.74. The maximum atomic E-state index is 12.2. The molecule has 0 spiro atoms. The fraction of sp³-hybridized carbons (Fsp3) is 0.250. The highest BCUT2D eigenvalue weighted by atomic mass is 16.5. The number of hydrogen-bond donors (Lipinski definition) is 0. The largest absolute Gasteiger partial charge is 0.497 e. The summed E-state index contributed by atoms with van der Waals surface area (Å²) in [5.41, 5.74) is 3.17. The van der Waals surface area contributed by atoms with Gasteiger partial charge >= 0.3 is 0 Å². The number of methoxy groups -OCH3 is 1. The van der Waals surface area contributed by atoms with E-state index in [1.807, 2.05) is 36.4 Å². The lowest BCUT2D eigenvalue weighted by Crippen LogP contribution is -2.37. The molecule has 0 aliphatic carbocycles. The van der Waals surface area contributed by atoms with Crippen LogP contribution in [0.3, 0.4) is 0 Å². The molecule has 0 saturated heterocycles. The summed E-state index contributed by atoms with van der Waals surface area (Å²) >= 11 is 0. The van der Waals surface area contributed by atoms with E-state index in [2.05, 4.69) is 22.3 Å². The number of fused-ring (bicyclic) bond motifs is 1. The van der Waals surface area contributed by atoms with Crippen molar-refractivity contribution in [3.63, 3.8) is 0 Å². The fourth-order valence-electron chi connectivity index (χ4n) is 3.32. The van der Waals surface area contributed by atoms with Crippen LogP contribution in [-0.4, -0.2) is 28.1 Å². The number of carbonyl (C=O) groups excluding carboxylic acids is 1. The van der Waals surface area contributed by atoms with Crippen LogP contribution in [0.15, 0.2) is 53.1 Å². The summed E-state index contributed by atoms with van der Waals surface area (Å²) in [5.74, 6) is 1.66. The van der Waals surface area contributed by atoms with Crippen LogP contribution in [0.5, 0.6) is 5.75 Å². The Bertz CT molecular complexity index is 951. The van der Waals surface area contributed by atoms with Gasteiger partial charge in [-0.15, -0.1) is 0 Å². The van der Waals surface area contributed by atoms with E-state index in [1.54, 1.807) is 18.9 Å². The number of amides is 1. The highest BCUT2D eigenvalue weighted by Crippen LogP contribution is 2.33. The van der Waals surface area contributed by atoms with E-state index in [1.165, 1.54) is 5.56 Å². The topological polar surface area (TPSA) is 68.5 Å². The number of ether oxygens (including phenoxy) is 1. The molecule has 1 amide bonds. The van der Waals surface area contributed by atoms with Crippen molar-refractivity contribution in [1.82, 2.24) is 15.0 Å². The molecule has 4 rings (SSSR count). The van der Waals surface area contributed by atoms with Crippen molar-refractivity contribution in [3.8, 4) is 17.1 Å². The van der Waals surface area contributed by atoms with Gasteiger partial charge in [0.1, 0.15) is 11.8 Å². The predicted octanol–water partition coefficient (Wildman–Crippen LogP) is 3.39. The SMILES string of the molecule is COc1cccc(-c2noc([C@@H]3Cc4ccccc4CN3C(C)=O)n2)c1. The van der Waals surface area contributed by atoms with Gasteiger partial charge in [-0.05, 0) is 23.3 Å². The lowest BCUT2D eigenvalue weighted by atomic mass is 9.94. The molecule has 0 N–H and O–H groups in total. The van der Waals surface area contributed by atoms with Crippen molar-refractivity contribution < 1.29 is 14.1 Å². The van der Waals surface area contributed by atoms with Crippen LogP contribution in [0.1, 0.15) is 30.0 Å². The molecule has 0 unspecified atom stereocenters. The lowest BCUT2D eigenvalue weighted by molar-refractivity contribution is -0.133. The summed E-state index contributed by atoms with van der Waals surface area (Å²) < 4.78 is 10.8. The molecule has 1 aliphatic heterocycles. The zero-order valence-electron chi connectivity index (χ0n) is 14.7. The maximum absolute atomic E-state index is 12.2. The summed E-state index contributed by atoms with van der Waals surface area (Å²) in [6.45, 7) is 2.12. The average Bonchev–Trinajstić information content (AvgIpc) is 3.17. The molecule has 0 bridgehead atoms. The van der Waals surface area contributed by atoms with E-state index >= 15 is 0 Å². The van der Waals surface area contributed by atoms with Crippen LogP contribution in [-0.2, 0) is 17.8 Å². The molecule has 26 heavy (non-hydrogen) atoms. The highest BCUT2D eigenvalue weighted by Gasteiger charge is 2.33. The molecule has 0 fully saturated rings. The van der Waals surface area contributed by atoms with Gasteiger partial charge in [-0.25, -0.2) is 0 Å². The fourth-order valence-corrected chi connectivity index (χ4v) is 3.32. The van der Waals surface area contributed by atoms with Gasteiger partial charge in [0.05, 0.1) is 7.11 Å². The lowest BCUT2D eigenvalue weighted by Gasteiger charge is -2.34. The normalized spacial score (nSPS) is 16.2. The molecule has 0 saturated carbocycles. The molecule has 6 heteroatoms. The van der Waals surface area contributed by atoms with Crippen LogP contribution >= 0.6 is 0 Å². The number of aromatic nitrogens is 2. The third kappa shape index (κ3) is 2.94. The van der Waals surface area contributed by atoms with E-state index in [-0.39, 0.29) is 11.9 Å². The van der Waals surface area contributed by atoms with Crippen molar-refractivity contribution in [2.24, 2.45) is 0 Å². The number of benzene rings is 2. The van der Waals surface area contributed by atoms with E-state index in [0.717, 1.165) is 16.9 Å². The second-order valence-electron chi connectivity index (χ2n) is 6.32. The Balaban J connectivity index is 1.68. The molecular weight excluding hydrogens is 330 g/mol. The minimum atomic E-state index is -0.255. The van der Waals surface area contributed by atoms with Crippen molar-refractivity contribution in [3.05, 3.63) is 65.5 Å². The van der Waals surface area contributed by atoms with E-state index in [9.17, 15) is 4.79 Å². The molecule has 2 aromatic carbocycles. The first-order valence-corrected chi connectivity index (χ1v) is 8.47. The molecule has 2 heterocycles. The summed E-state index contributed by atoms with van der Waals surface area (Å²) in [5, 5.41) is 4.11. The van der Waals surface area contributed by atoms with Crippen molar-refractivity contribution in [2.45, 2.75) is 25.9 Å². The number of hydrogen-bond acceptors (Lipinski definition) is 5. The van der Waals surface area contributed by atoms with Crippen LogP contribution < -0.4 is 4.74 Å². The average molecular weight is 349 g/mol. The zero-order chi connectivity index (χ0) is 18.1. The second kappa shape index (κ2) is 6.63. The van der Waals surface area contributed by atoms with Gasteiger partial charge in [0, 0.05) is 25.5 Å². The van der Waals surface area contributed by atoms with Crippen molar-refractivity contribution in [1.29, 1.82) is 0 Å². The van der Waals surface area contributed by atoms with Gasteiger partial charge in [-0.3, -0.25) is 4.79 Å². The van der Waals surface area contributed by atoms with Gasteiger partial charge in [0.15, 0.2) is 0 Å². The molecule has 1 aromatic heterocycles. The van der Waals surface area contributed by atoms with Crippen LogP contribution in [0.25, 0.3) is 11.4 Å². The number of carbonyl (C=O) groups is 1. The number of rotatable bonds is 3. The predicted molar refractivity (Wildman–Crippen MR) is 95.4 cm³/mol. The quantitative estimate of drug-likeness (QED) is 0.725. The van der Waals surface area contributed by atoms with E-state index < -0.39 is 0 Å².